The van der Waals surface area contributed by atoms with Gasteiger partial charge in [-0.3, -0.25) is 14.7 Å². The van der Waals surface area contributed by atoms with Crippen LogP contribution in [0.5, 0.6) is 0 Å². The normalized spacial score (nSPS) is 25.9. The molecule has 1 N–H and O–H groups in total. The number of carboxylic acids is 1. The van der Waals surface area contributed by atoms with Crippen LogP contribution >= 0.6 is 0 Å². The van der Waals surface area contributed by atoms with Crippen LogP contribution in [0.1, 0.15) is 12.8 Å². The molecule has 1 saturated heterocycles. The highest BCUT2D eigenvalue weighted by atomic mass is 16.4. The molecule has 0 unspecified atom stereocenters. The van der Waals surface area contributed by atoms with Crippen LogP contribution in [0.2, 0.25) is 0 Å². The molecule has 0 aromatic carbocycles. The third-order valence-electron chi connectivity index (χ3n) is 3.10. The van der Waals surface area contributed by atoms with Gasteiger partial charge in [0, 0.05) is 13.1 Å². The second-order valence-corrected chi connectivity index (χ2v) is 3.86. The Morgan fingerprint density at radius 1 is 1.21 bits per heavy atom. The minimum atomic E-state index is -0.731. The first-order chi connectivity index (χ1) is 6.69. The number of carboxylic acid groups (broad SMARTS) is 1. The van der Waals surface area contributed by atoms with Gasteiger partial charge in [0.25, 0.3) is 0 Å². The summed E-state index contributed by atoms with van der Waals surface area (Å²) < 4.78 is 0. The SMILES string of the molecule is O=NN1CCN(C2(C(=O)O)CC2)CC1. The zero-order valence-electron chi connectivity index (χ0n) is 7.85. The van der Waals surface area contributed by atoms with Gasteiger partial charge in [-0.2, -0.15) is 0 Å². The molecule has 0 bridgehead atoms. The monoisotopic (exact) mass is 199 g/mol. The molecule has 1 heterocycles. The minimum absolute atomic E-state index is 0.540. The molecule has 14 heavy (non-hydrogen) atoms. The van der Waals surface area contributed by atoms with Crippen molar-refractivity contribution in [3.8, 4) is 0 Å². The Kier molecular flexibility index (Phi) is 2.14. The summed E-state index contributed by atoms with van der Waals surface area (Å²) in [5.74, 6) is -0.731. The molecule has 2 aliphatic rings. The molecule has 0 aromatic heterocycles. The second kappa shape index (κ2) is 3.20. The molecule has 6 heteroatoms. The number of carbonyl (C=O) groups is 1. The highest BCUT2D eigenvalue weighted by Gasteiger charge is 2.55. The molecular weight excluding hydrogens is 186 g/mol. The quantitative estimate of drug-likeness (QED) is 0.643. The third kappa shape index (κ3) is 1.35. The van der Waals surface area contributed by atoms with E-state index in [4.69, 9.17) is 5.11 Å². The van der Waals surface area contributed by atoms with Gasteiger partial charge in [-0.1, -0.05) is 0 Å². The van der Waals surface area contributed by atoms with Gasteiger partial charge < -0.3 is 5.11 Å². The van der Waals surface area contributed by atoms with E-state index in [1.165, 1.54) is 5.01 Å². The zero-order valence-corrected chi connectivity index (χ0v) is 7.85. The molecule has 78 valence electrons. The van der Waals surface area contributed by atoms with Crippen molar-refractivity contribution in [3.63, 3.8) is 0 Å². The molecule has 1 aliphatic carbocycles. The molecular formula is C8H13N3O3. The van der Waals surface area contributed by atoms with Crippen LogP contribution < -0.4 is 0 Å². The maximum Gasteiger partial charge on any atom is 0.324 e. The number of aliphatic carboxylic acids is 1. The summed E-state index contributed by atoms with van der Waals surface area (Å²) in [6.07, 6.45) is 1.47. The molecule has 0 radical (unpaired) electrons. The van der Waals surface area contributed by atoms with Crippen LogP contribution in [0.3, 0.4) is 0 Å². The van der Waals surface area contributed by atoms with E-state index in [9.17, 15) is 9.70 Å². The van der Waals surface area contributed by atoms with E-state index in [1.807, 2.05) is 4.90 Å². The lowest BCUT2D eigenvalue weighted by atomic mass is 10.2. The highest BCUT2D eigenvalue weighted by Crippen LogP contribution is 2.42. The van der Waals surface area contributed by atoms with Crippen molar-refractivity contribution < 1.29 is 9.90 Å². The second-order valence-electron chi connectivity index (χ2n) is 3.86. The number of nitrogens with zero attached hydrogens (tertiary/aromatic N) is 3. The lowest BCUT2D eigenvalue weighted by Gasteiger charge is -2.35. The molecule has 0 aromatic rings. The zero-order chi connectivity index (χ0) is 10.2. The summed E-state index contributed by atoms with van der Waals surface area (Å²) in [5, 5.41) is 13.3. The van der Waals surface area contributed by atoms with E-state index in [0.717, 1.165) is 12.8 Å². The fourth-order valence-corrected chi connectivity index (χ4v) is 1.99. The van der Waals surface area contributed by atoms with E-state index in [-0.39, 0.29) is 0 Å². The molecule has 0 spiro atoms. The Morgan fingerprint density at radius 3 is 2.14 bits per heavy atom. The van der Waals surface area contributed by atoms with E-state index in [2.05, 4.69) is 5.29 Å². The van der Waals surface area contributed by atoms with Crippen LogP contribution in [0.15, 0.2) is 5.29 Å². The largest absolute Gasteiger partial charge is 0.480 e. The van der Waals surface area contributed by atoms with Crippen molar-refractivity contribution >= 4 is 5.97 Å². The molecule has 2 rings (SSSR count). The molecule has 1 aliphatic heterocycles. The van der Waals surface area contributed by atoms with Crippen LogP contribution in [0.25, 0.3) is 0 Å². The van der Waals surface area contributed by atoms with Crippen molar-refractivity contribution in [1.82, 2.24) is 9.91 Å². The molecule has 1 saturated carbocycles. The average molecular weight is 199 g/mol. The van der Waals surface area contributed by atoms with E-state index < -0.39 is 11.5 Å². The van der Waals surface area contributed by atoms with Gasteiger partial charge in [-0.05, 0) is 12.8 Å². The van der Waals surface area contributed by atoms with Crippen LogP contribution in [0, 0.1) is 4.91 Å². The number of hydrogen-bond donors (Lipinski definition) is 1. The predicted molar refractivity (Wildman–Crippen MR) is 48.5 cm³/mol. The fourth-order valence-electron chi connectivity index (χ4n) is 1.99. The number of nitroso groups, excluding NO2 is 1. The Hall–Kier alpha value is -1.17. The standard InChI is InChI=1S/C8H13N3O3/c12-7(13)8(1-2-8)10-3-5-11(9-14)6-4-10/h1-6H2,(H,12,13). The van der Waals surface area contributed by atoms with Crippen molar-refractivity contribution in [3.05, 3.63) is 4.91 Å². The number of hydrogen-bond acceptors (Lipinski definition) is 4. The van der Waals surface area contributed by atoms with Crippen molar-refractivity contribution in [2.24, 2.45) is 5.29 Å². The lowest BCUT2D eigenvalue weighted by molar-refractivity contribution is -0.146. The summed E-state index contributed by atoms with van der Waals surface area (Å²) in [6, 6.07) is 0. The fraction of sp³-hybridized carbons (Fsp3) is 0.875. The first-order valence-electron chi connectivity index (χ1n) is 4.76. The van der Waals surface area contributed by atoms with E-state index in [1.54, 1.807) is 0 Å². The maximum atomic E-state index is 11.0. The first-order valence-corrected chi connectivity index (χ1v) is 4.76. The molecule has 0 amide bonds. The van der Waals surface area contributed by atoms with Crippen LogP contribution in [-0.4, -0.2) is 52.7 Å². The van der Waals surface area contributed by atoms with Gasteiger partial charge in [-0.15, -0.1) is 4.91 Å². The van der Waals surface area contributed by atoms with Gasteiger partial charge in [0.15, 0.2) is 0 Å². The van der Waals surface area contributed by atoms with Crippen LogP contribution in [-0.2, 0) is 4.79 Å². The smallest absolute Gasteiger partial charge is 0.324 e. The topological polar surface area (TPSA) is 73.2 Å². The molecule has 2 fully saturated rings. The number of piperazine rings is 1. The van der Waals surface area contributed by atoms with Crippen LogP contribution in [0.4, 0.5) is 0 Å². The van der Waals surface area contributed by atoms with Gasteiger partial charge >= 0.3 is 5.97 Å². The molecule has 6 nitrogen and oxygen atoms in total. The minimum Gasteiger partial charge on any atom is -0.480 e. The predicted octanol–water partition coefficient (Wildman–Crippen LogP) is -0.0974. The van der Waals surface area contributed by atoms with Gasteiger partial charge in [0.1, 0.15) is 5.54 Å². The Bertz CT molecular complexity index is 257. The third-order valence-corrected chi connectivity index (χ3v) is 3.10. The van der Waals surface area contributed by atoms with Crippen molar-refractivity contribution in [1.29, 1.82) is 0 Å². The van der Waals surface area contributed by atoms with Gasteiger partial charge in [0.2, 0.25) is 0 Å². The summed E-state index contributed by atoms with van der Waals surface area (Å²) in [5.41, 5.74) is -0.616. The first kappa shape index (κ1) is 9.39. The van der Waals surface area contributed by atoms with Gasteiger partial charge in [0.05, 0.1) is 18.4 Å². The summed E-state index contributed by atoms with van der Waals surface area (Å²) in [7, 11) is 0. The van der Waals surface area contributed by atoms with Crippen molar-refractivity contribution in [2.45, 2.75) is 18.4 Å². The summed E-state index contributed by atoms with van der Waals surface area (Å²) >= 11 is 0. The van der Waals surface area contributed by atoms with E-state index >= 15 is 0 Å². The van der Waals surface area contributed by atoms with E-state index in [0.29, 0.717) is 26.2 Å². The summed E-state index contributed by atoms with van der Waals surface area (Å²) in [6.45, 7) is 2.33. The average Bonchev–Trinajstić information content (AvgIpc) is 2.99. The Labute approximate surface area is 81.4 Å². The Balaban J connectivity index is 1.95. The molecule has 0 atom stereocenters. The highest BCUT2D eigenvalue weighted by molar-refractivity contribution is 5.82. The van der Waals surface area contributed by atoms with Crippen molar-refractivity contribution in [2.75, 3.05) is 26.2 Å². The Morgan fingerprint density at radius 2 is 1.79 bits per heavy atom. The maximum absolute atomic E-state index is 11.0. The lowest BCUT2D eigenvalue weighted by Crippen LogP contribution is -2.52. The summed E-state index contributed by atoms with van der Waals surface area (Å²) in [4.78, 5) is 23.2. The number of rotatable bonds is 3. The van der Waals surface area contributed by atoms with Gasteiger partial charge in [-0.25, -0.2) is 0 Å².